The minimum absolute atomic E-state index is 0.139. The molecule has 1 aromatic rings. The summed E-state index contributed by atoms with van der Waals surface area (Å²) in [5.41, 5.74) is 0. The molecule has 0 bridgehead atoms. The van der Waals surface area contributed by atoms with Gasteiger partial charge in [-0.05, 0) is 25.3 Å². The van der Waals surface area contributed by atoms with E-state index in [-0.39, 0.29) is 6.03 Å². The predicted molar refractivity (Wildman–Crippen MR) is 69.8 cm³/mol. The summed E-state index contributed by atoms with van der Waals surface area (Å²) >= 11 is 1.40. The Bertz CT molecular complexity index is 322. The van der Waals surface area contributed by atoms with E-state index in [1.54, 1.807) is 18.6 Å². The largest absolute Gasteiger partial charge is 0.369 e. The second kappa shape index (κ2) is 8.63. The van der Waals surface area contributed by atoms with Gasteiger partial charge in [0.2, 0.25) is 0 Å². The van der Waals surface area contributed by atoms with Crippen molar-refractivity contribution in [1.29, 1.82) is 0 Å². The van der Waals surface area contributed by atoms with E-state index in [1.807, 2.05) is 6.92 Å². The number of urea groups is 1. The molecule has 0 unspecified atom stereocenters. The van der Waals surface area contributed by atoms with Crippen LogP contribution in [0.4, 0.5) is 10.6 Å². The Morgan fingerprint density at radius 3 is 3.06 bits per heavy atom. The topological polar surface area (TPSA) is 78.9 Å². The van der Waals surface area contributed by atoms with Gasteiger partial charge in [-0.3, -0.25) is 9.71 Å². The summed E-state index contributed by atoms with van der Waals surface area (Å²) in [5.74, 6) is 1.62. The fourth-order valence-corrected chi connectivity index (χ4v) is 1.66. The van der Waals surface area contributed by atoms with Crippen LogP contribution in [0, 0.1) is 0 Å². The van der Waals surface area contributed by atoms with Crippen molar-refractivity contribution in [1.82, 2.24) is 20.0 Å². The summed E-state index contributed by atoms with van der Waals surface area (Å²) in [5, 5.41) is 5.80. The van der Waals surface area contributed by atoms with Crippen LogP contribution in [0.15, 0.2) is 18.6 Å². The van der Waals surface area contributed by atoms with Crippen LogP contribution in [0.5, 0.6) is 0 Å². The number of aromatic nitrogens is 2. The number of anilines is 1. The Labute approximate surface area is 105 Å². The first-order chi connectivity index (χ1) is 8.33. The lowest BCUT2D eigenvalue weighted by Crippen LogP contribution is -2.31. The van der Waals surface area contributed by atoms with E-state index in [9.17, 15) is 4.79 Å². The summed E-state index contributed by atoms with van der Waals surface area (Å²) in [7, 11) is 0. The third-order valence-corrected chi connectivity index (χ3v) is 2.62. The molecule has 0 aromatic carbocycles. The van der Waals surface area contributed by atoms with Crippen molar-refractivity contribution in [2.75, 3.05) is 24.2 Å². The van der Waals surface area contributed by atoms with Crippen molar-refractivity contribution in [3.63, 3.8) is 0 Å². The maximum absolute atomic E-state index is 11.0. The molecule has 0 aliphatic rings. The quantitative estimate of drug-likeness (QED) is 0.505. The van der Waals surface area contributed by atoms with Crippen LogP contribution >= 0.6 is 11.9 Å². The Hall–Kier alpha value is -1.50. The molecule has 3 N–H and O–H groups in total. The van der Waals surface area contributed by atoms with Crippen LogP contribution in [-0.2, 0) is 0 Å². The Balaban J connectivity index is 1.96. The highest BCUT2D eigenvalue weighted by atomic mass is 32.2. The highest BCUT2D eigenvalue weighted by Crippen LogP contribution is 2.00. The van der Waals surface area contributed by atoms with Gasteiger partial charge >= 0.3 is 6.03 Å². The molecular weight excluding hydrogens is 238 g/mol. The standard InChI is InChI=1S/C10H17N5OS/c1-2-12-10(16)15-17-7-3-4-13-9-8-11-5-6-14-9/h5-6,8H,2-4,7H2,1H3,(H,13,14)(H2,12,15,16). The van der Waals surface area contributed by atoms with Gasteiger partial charge in [0.25, 0.3) is 0 Å². The molecule has 0 aliphatic heterocycles. The molecule has 0 aliphatic carbocycles. The second-order valence-electron chi connectivity index (χ2n) is 3.18. The molecular formula is C10H17N5OS. The van der Waals surface area contributed by atoms with Gasteiger partial charge in [0.1, 0.15) is 5.82 Å². The van der Waals surface area contributed by atoms with E-state index in [0.29, 0.717) is 6.54 Å². The number of hydrogen-bond acceptors (Lipinski definition) is 5. The molecule has 0 fully saturated rings. The fraction of sp³-hybridized carbons (Fsp3) is 0.500. The van der Waals surface area contributed by atoms with Crippen molar-refractivity contribution >= 4 is 23.8 Å². The predicted octanol–water partition coefficient (Wildman–Crippen LogP) is 1.25. The van der Waals surface area contributed by atoms with Gasteiger partial charge < -0.3 is 10.6 Å². The van der Waals surface area contributed by atoms with Gasteiger partial charge in [0, 0.05) is 31.2 Å². The van der Waals surface area contributed by atoms with Gasteiger partial charge in [-0.1, -0.05) is 0 Å². The van der Waals surface area contributed by atoms with Crippen LogP contribution in [0.2, 0.25) is 0 Å². The summed E-state index contributed by atoms with van der Waals surface area (Å²) < 4.78 is 2.69. The third-order valence-electron chi connectivity index (χ3n) is 1.79. The molecule has 0 saturated heterocycles. The van der Waals surface area contributed by atoms with E-state index in [0.717, 1.165) is 24.5 Å². The average molecular weight is 255 g/mol. The molecule has 17 heavy (non-hydrogen) atoms. The Morgan fingerprint density at radius 2 is 2.35 bits per heavy atom. The monoisotopic (exact) mass is 255 g/mol. The third kappa shape index (κ3) is 6.62. The summed E-state index contributed by atoms with van der Waals surface area (Å²) in [6.45, 7) is 3.33. The fourth-order valence-electron chi connectivity index (χ4n) is 1.06. The molecule has 1 heterocycles. The molecule has 0 saturated carbocycles. The van der Waals surface area contributed by atoms with E-state index >= 15 is 0 Å². The first kappa shape index (κ1) is 13.6. The second-order valence-corrected chi connectivity index (χ2v) is 4.08. The highest BCUT2D eigenvalue weighted by Gasteiger charge is 1.97. The van der Waals surface area contributed by atoms with Crippen molar-refractivity contribution in [3.05, 3.63) is 18.6 Å². The van der Waals surface area contributed by atoms with Crippen molar-refractivity contribution in [2.24, 2.45) is 0 Å². The minimum atomic E-state index is -0.139. The maximum Gasteiger partial charge on any atom is 0.324 e. The lowest BCUT2D eigenvalue weighted by molar-refractivity contribution is 0.247. The van der Waals surface area contributed by atoms with Gasteiger partial charge in [0.05, 0.1) is 6.20 Å². The minimum Gasteiger partial charge on any atom is -0.369 e. The number of rotatable bonds is 7. The van der Waals surface area contributed by atoms with Gasteiger partial charge in [-0.25, -0.2) is 9.78 Å². The zero-order valence-electron chi connectivity index (χ0n) is 9.77. The Kier molecular flexibility index (Phi) is 6.89. The molecule has 6 nitrogen and oxygen atoms in total. The van der Waals surface area contributed by atoms with Crippen LogP contribution < -0.4 is 15.4 Å². The average Bonchev–Trinajstić information content (AvgIpc) is 2.35. The van der Waals surface area contributed by atoms with Gasteiger partial charge in [-0.15, -0.1) is 0 Å². The Morgan fingerprint density at radius 1 is 1.47 bits per heavy atom. The van der Waals surface area contributed by atoms with Crippen molar-refractivity contribution in [3.8, 4) is 0 Å². The van der Waals surface area contributed by atoms with Crippen LogP contribution in [-0.4, -0.2) is 34.8 Å². The number of amides is 2. The first-order valence-corrected chi connectivity index (χ1v) is 6.47. The van der Waals surface area contributed by atoms with E-state index in [2.05, 4.69) is 25.3 Å². The number of carbonyl (C=O) groups is 1. The molecule has 1 rings (SSSR count). The van der Waals surface area contributed by atoms with Gasteiger partial charge in [0.15, 0.2) is 0 Å². The molecule has 0 atom stereocenters. The lowest BCUT2D eigenvalue weighted by atomic mass is 10.5. The highest BCUT2D eigenvalue weighted by molar-refractivity contribution is 7.97. The van der Waals surface area contributed by atoms with Crippen molar-refractivity contribution < 1.29 is 4.79 Å². The molecule has 0 spiro atoms. The lowest BCUT2D eigenvalue weighted by Gasteiger charge is -2.06. The summed E-state index contributed by atoms with van der Waals surface area (Å²) in [6, 6.07) is -0.139. The van der Waals surface area contributed by atoms with E-state index in [4.69, 9.17) is 0 Å². The number of nitrogens with zero attached hydrogens (tertiary/aromatic N) is 2. The van der Waals surface area contributed by atoms with Gasteiger partial charge in [-0.2, -0.15) is 0 Å². The first-order valence-electron chi connectivity index (χ1n) is 5.48. The number of carbonyl (C=O) groups excluding carboxylic acids is 1. The van der Waals surface area contributed by atoms with E-state index < -0.39 is 0 Å². The molecule has 94 valence electrons. The van der Waals surface area contributed by atoms with E-state index in [1.165, 1.54) is 11.9 Å². The molecule has 7 heteroatoms. The molecule has 1 aromatic heterocycles. The zero-order valence-corrected chi connectivity index (χ0v) is 10.6. The molecule has 2 amide bonds. The number of hydrogen-bond donors (Lipinski definition) is 3. The normalized spacial score (nSPS) is 9.71. The molecule has 0 radical (unpaired) electrons. The summed E-state index contributed by atoms with van der Waals surface area (Å²) in [4.78, 5) is 19.1. The summed E-state index contributed by atoms with van der Waals surface area (Å²) in [6.07, 6.45) is 5.90. The van der Waals surface area contributed by atoms with Crippen LogP contribution in [0.3, 0.4) is 0 Å². The maximum atomic E-state index is 11.0. The number of nitrogens with one attached hydrogen (secondary N) is 3. The smallest absolute Gasteiger partial charge is 0.324 e. The zero-order chi connectivity index (χ0) is 12.3. The van der Waals surface area contributed by atoms with Crippen LogP contribution in [0.25, 0.3) is 0 Å². The van der Waals surface area contributed by atoms with Crippen LogP contribution in [0.1, 0.15) is 13.3 Å². The van der Waals surface area contributed by atoms with Crippen molar-refractivity contribution in [2.45, 2.75) is 13.3 Å². The SMILES string of the molecule is CCNC(=O)NSCCCNc1cnccn1.